The molecule has 0 unspecified atom stereocenters. The van der Waals surface area contributed by atoms with Crippen LogP contribution in [0.5, 0.6) is 0 Å². The quantitative estimate of drug-likeness (QED) is 0.262. The molecule has 0 aromatic rings. The van der Waals surface area contributed by atoms with Crippen LogP contribution in [-0.4, -0.2) is 53.1 Å². The van der Waals surface area contributed by atoms with Crippen LogP contribution in [0.25, 0.3) is 0 Å². The zero-order valence-corrected chi connectivity index (χ0v) is 2.72. The van der Waals surface area contributed by atoms with Crippen molar-refractivity contribution in [1.82, 2.24) is 0 Å². The Hall–Kier alpha value is 0.880. The molecule has 0 atom stereocenters. The standard InChI is InChI=1S/C2H6O3.Na.H/c3-1-2-5-4;;/h3-4H,1-2H2;;. The molecule has 0 spiro atoms. The van der Waals surface area contributed by atoms with Crippen LogP contribution in [0.1, 0.15) is 0 Å². The van der Waals surface area contributed by atoms with Crippen molar-refractivity contribution in [1.29, 1.82) is 0 Å². The zero-order valence-electron chi connectivity index (χ0n) is 2.72. The Bertz CT molecular complexity index is 16.3. The van der Waals surface area contributed by atoms with Crippen molar-refractivity contribution in [2.75, 3.05) is 13.2 Å². The molecule has 2 N–H and O–H groups in total. The van der Waals surface area contributed by atoms with Gasteiger partial charge in [0.25, 0.3) is 0 Å². The molecule has 0 saturated carbocycles. The number of aliphatic hydroxyl groups is 1. The molecule has 3 nitrogen and oxygen atoms in total. The third kappa shape index (κ3) is 8.86. The monoisotopic (exact) mass is 102 g/mol. The topological polar surface area (TPSA) is 49.7 Å². The zero-order chi connectivity index (χ0) is 4.12. The van der Waals surface area contributed by atoms with Gasteiger partial charge in [0.15, 0.2) is 0 Å². The molecule has 4 heteroatoms. The van der Waals surface area contributed by atoms with Crippen LogP contribution >= 0.6 is 0 Å². The molecule has 34 valence electrons. The average Bonchev–Trinajstić information content (AvgIpc) is 1.41. The fraction of sp³-hybridized carbons (Fsp3) is 1.00. The molecular weight excluding hydrogens is 95.0 g/mol. The molecule has 0 aromatic heterocycles. The number of rotatable bonds is 2. The molecule has 0 aromatic carbocycles. The summed E-state index contributed by atoms with van der Waals surface area (Å²) in [7, 11) is 0. The van der Waals surface area contributed by atoms with Crippen LogP contribution in [0.15, 0.2) is 0 Å². The Morgan fingerprint density at radius 3 is 2.00 bits per heavy atom. The summed E-state index contributed by atoms with van der Waals surface area (Å²) in [5.74, 6) is 0. The van der Waals surface area contributed by atoms with Crippen LogP contribution in [0.3, 0.4) is 0 Å². The minimum atomic E-state index is -0.128. The first-order valence-corrected chi connectivity index (χ1v) is 1.29. The van der Waals surface area contributed by atoms with Gasteiger partial charge >= 0.3 is 29.6 Å². The normalized spacial score (nSPS) is 7.00. The third-order valence-corrected chi connectivity index (χ3v) is 0.183. The third-order valence-electron chi connectivity index (χ3n) is 0.183. The fourth-order valence-electron chi connectivity index (χ4n) is 0.0408. The van der Waals surface area contributed by atoms with Gasteiger partial charge in [-0.15, -0.1) is 0 Å². The van der Waals surface area contributed by atoms with E-state index in [0.29, 0.717) is 0 Å². The van der Waals surface area contributed by atoms with Gasteiger partial charge < -0.3 is 5.11 Å². The first-order valence-electron chi connectivity index (χ1n) is 1.29. The molecule has 0 radical (unpaired) electrons. The van der Waals surface area contributed by atoms with E-state index in [0.717, 1.165) is 0 Å². The second-order valence-corrected chi connectivity index (χ2v) is 0.557. The van der Waals surface area contributed by atoms with Gasteiger partial charge in [0, 0.05) is 0 Å². The van der Waals surface area contributed by atoms with Crippen LogP contribution in [0.2, 0.25) is 0 Å². The van der Waals surface area contributed by atoms with E-state index >= 15 is 0 Å². The van der Waals surface area contributed by atoms with Crippen LogP contribution < -0.4 is 0 Å². The van der Waals surface area contributed by atoms with Gasteiger partial charge in [-0.3, -0.25) is 5.26 Å². The van der Waals surface area contributed by atoms with Crippen molar-refractivity contribution < 1.29 is 15.3 Å². The summed E-state index contributed by atoms with van der Waals surface area (Å²) in [6.45, 7) is -0.128. The van der Waals surface area contributed by atoms with E-state index in [9.17, 15) is 0 Å². The number of aliphatic hydroxyl groups excluding tert-OH is 1. The van der Waals surface area contributed by atoms with Crippen molar-refractivity contribution in [3.05, 3.63) is 0 Å². The SMILES string of the molecule is OCCOO.[NaH]. The Balaban J connectivity index is 0. The summed E-state index contributed by atoms with van der Waals surface area (Å²) in [5.41, 5.74) is 0. The molecule has 0 saturated heterocycles. The van der Waals surface area contributed by atoms with E-state index in [4.69, 9.17) is 10.4 Å². The predicted octanol–water partition coefficient (Wildman–Crippen LogP) is -1.18. The summed E-state index contributed by atoms with van der Waals surface area (Å²) in [4.78, 5) is 3.44. The average molecular weight is 102 g/mol. The molecule has 0 fully saturated rings. The summed E-state index contributed by atoms with van der Waals surface area (Å²) in [6.07, 6.45) is 0. The molecule has 6 heavy (non-hydrogen) atoms. The van der Waals surface area contributed by atoms with Gasteiger partial charge in [0.1, 0.15) is 6.61 Å². The van der Waals surface area contributed by atoms with Gasteiger partial charge in [0.05, 0.1) is 6.61 Å². The summed E-state index contributed by atoms with van der Waals surface area (Å²) in [6, 6.07) is 0. The molecule has 0 rings (SSSR count). The Kier molecular flexibility index (Phi) is 15.5. The van der Waals surface area contributed by atoms with E-state index in [1.54, 1.807) is 0 Å². The van der Waals surface area contributed by atoms with E-state index in [2.05, 4.69) is 4.89 Å². The van der Waals surface area contributed by atoms with E-state index in [-0.39, 0.29) is 42.8 Å². The Morgan fingerprint density at radius 1 is 1.50 bits per heavy atom. The molecule has 0 heterocycles. The van der Waals surface area contributed by atoms with Gasteiger partial charge in [-0.2, -0.15) is 0 Å². The van der Waals surface area contributed by atoms with Crippen molar-refractivity contribution in [3.8, 4) is 0 Å². The van der Waals surface area contributed by atoms with Crippen LogP contribution in [0.4, 0.5) is 0 Å². The van der Waals surface area contributed by atoms with Crippen molar-refractivity contribution in [2.45, 2.75) is 0 Å². The molecular formula is C2H7NaO3. The Morgan fingerprint density at radius 2 is 2.00 bits per heavy atom. The molecule has 0 amide bonds. The minimum absolute atomic E-state index is 0. The second kappa shape index (κ2) is 9.30. The van der Waals surface area contributed by atoms with Crippen molar-refractivity contribution in [3.63, 3.8) is 0 Å². The van der Waals surface area contributed by atoms with Crippen molar-refractivity contribution in [2.24, 2.45) is 0 Å². The van der Waals surface area contributed by atoms with Gasteiger partial charge in [0.2, 0.25) is 0 Å². The van der Waals surface area contributed by atoms with Crippen LogP contribution in [-0.2, 0) is 4.89 Å². The molecule has 0 bridgehead atoms. The summed E-state index contributed by atoms with van der Waals surface area (Å²) in [5, 5.41) is 15.2. The van der Waals surface area contributed by atoms with Gasteiger partial charge in [-0.1, -0.05) is 0 Å². The number of hydrogen-bond acceptors (Lipinski definition) is 3. The van der Waals surface area contributed by atoms with Crippen molar-refractivity contribution >= 4 is 29.6 Å². The predicted molar refractivity (Wildman–Crippen MR) is 22.8 cm³/mol. The first kappa shape index (κ1) is 9.99. The Labute approximate surface area is 58.1 Å². The molecule has 0 aliphatic heterocycles. The maximum atomic E-state index is 7.78. The van der Waals surface area contributed by atoms with E-state index in [1.807, 2.05) is 0 Å². The van der Waals surface area contributed by atoms with Gasteiger partial charge in [-0.05, 0) is 0 Å². The maximum absolute atomic E-state index is 7.78. The summed E-state index contributed by atoms with van der Waals surface area (Å²) < 4.78 is 0. The van der Waals surface area contributed by atoms with Gasteiger partial charge in [-0.25, -0.2) is 4.89 Å². The molecule has 0 aliphatic rings. The second-order valence-electron chi connectivity index (χ2n) is 0.557. The first-order chi connectivity index (χ1) is 2.41. The molecule has 0 aliphatic carbocycles. The fourth-order valence-corrected chi connectivity index (χ4v) is 0.0408. The summed E-state index contributed by atoms with van der Waals surface area (Å²) >= 11 is 0. The van der Waals surface area contributed by atoms with Crippen LogP contribution in [0, 0.1) is 0 Å². The van der Waals surface area contributed by atoms with E-state index < -0.39 is 0 Å². The van der Waals surface area contributed by atoms with E-state index in [1.165, 1.54) is 0 Å². The number of hydrogen-bond donors (Lipinski definition) is 2.